The SMILES string of the molecule is [2H]C([2H])([2H])[N+](C)(C)C[C@@H](CC(=O)O)OC(=O)CCCCCCCCCCCCCCCC.[Cl-]. The number of esters is 1. The van der Waals surface area contributed by atoms with E-state index in [0.29, 0.717) is 6.42 Å². The van der Waals surface area contributed by atoms with Crippen molar-refractivity contribution >= 4 is 11.9 Å². The molecule has 0 aromatic heterocycles. The highest BCUT2D eigenvalue weighted by Gasteiger charge is 2.24. The molecule has 30 heavy (non-hydrogen) atoms. The minimum absolute atomic E-state index is 0. The van der Waals surface area contributed by atoms with E-state index >= 15 is 0 Å². The average molecular weight is 453 g/mol. The number of quaternary nitrogens is 1. The van der Waals surface area contributed by atoms with Gasteiger partial charge in [-0.1, -0.05) is 90.4 Å². The maximum atomic E-state index is 12.1. The highest BCUT2D eigenvalue weighted by Crippen LogP contribution is 2.14. The van der Waals surface area contributed by atoms with E-state index in [1.54, 1.807) is 0 Å². The van der Waals surface area contributed by atoms with Crippen molar-refractivity contribution in [3.8, 4) is 0 Å². The topological polar surface area (TPSA) is 63.6 Å². The number of nitrogens with zero attached hydrogens (tertiary/aromatic N) is 1. The maximum absolute atomic E-state index is 12.1. The van der Waals surface area contributed by atoms with Crippen molar-refractivity contribution in [2.24, 2.45) is 0 Å². The Kier molecular flexibility index (Phi) is 17.1. The molecule has 0 aliphatic rings. The minimum atomic E-state index is -2.31. The Morgan fingerprint density at radius 3 is 1.70 bits per heavy atom. The van der Waals surface area contributed by atoms with Crippen LogP contribution < -0.4 is 12.4 Å². The summed E-state index contributed by atoms with van der Waals surface area (Å²) in [7, 11) is 2.98. The van der Waals surface area contributed by atoms with Gasteiger partial charge >= 0.3 is 11.9 Å². The molecule has 0 aromatic carbocycles. The lowest BCUT2D eigenvalue weighted by molar-refractivity contribution is -0.873. The fourth-order valence-corrected chi connectivity index (χ4v) is 3.56. The lowest BCUT2D eigenvalue weighted by Crippen LogP contribution is -3.00. The molecule has 0 aliphatic carbocycles. The lowest BCUT2D eigenvalue weighted by Gasteiger charge is -2.28. The number of carboxylic acids is 1. The van der Waals surface area contributed by atoms with Gasteiger partial charge in [0.05, 0.1) is 31.6 Å². The maximum Gasteiger partial charge on any atom is 0.307 e. The highest BCUT2D eigenvalue weighted by molar-refractivity contribution is 5.71. The van der Waals surface area contributed by atoms with E-state index in [2.05, 4.69) is 6.92 Å². The Bertz CT molecular complexity index is 516. The number of hydrogen-bond acceptors (Lipinski definition) is 3. The molecule has 6 heteroatoms. The molecular formula is C24H48ClNO4. The molecule has 5 nitrogen and oxygen atoms in total. The van der Waals surface area contributed by atoms with Gasteiger partial charge in [0.2, 0.25) is 0 Å². The van der Waals surface area contributed by atoms with Gasteiger partial charge in [0, 0.05) is 6.42 Å². The largest absolute Gasteiger partial charge is 1.00 e. The molecule has 0 saturated carbocycles. The van der Waals surface area contributed by atoms with Crippen molar-refractivity contribution < 1.29 is 40.4 Å². The van der Waals surface area contributed by atoms with E-state index in [9.17, 15) is 9.59 Å². The number of hydrogen-bond donors (Lipinski definition) is 1. The van der Waals surface area contributed by atoms with Crippen molar-refractivity contribution in [2.45, 2.75) is 116 Å². The van der Waals surface area contributed by atoms with E-state index < -0.39 is 29.5 Å². The van der Waals surface area contributed by atoms with Crippen LogP contribution in [0.25, 0.3) is 0 Å². The third-order valence-corrected chi connectivity index (χ3v) is 5.09. The summed E-state index contributed by atoms with van der Waals surface area (Å²) in [6.07, 6.45) is 16.2. The standard InChI is InChI=1S/C24H47NO4.ClH/c1-5-6-7-8-9-10-11-12-13-14-15-16-17-18-19-24(28)29-22(20-23(26)27)21-25(2,3)4;/h22H,5-21H2,1-4H3;1H/t22-;/m1./s1/i2D3;. The van der Waals surface area contributed by atoms with E-state index in [4.69, 9.17) is 14.0 Å². The van der Waals surface area contributed by atoms with Gasteiger partial charge in [-0.05, 0) is 6.42 Å². The summed E-state index contributed by atoms with van der Waals surface area (Å²) in [6.45, 7) is -0.125. The van der Waals surface area contributed by atoms with Crippen LogP contribution in [-0.4, -0.2) is 55.2 Å². The second-order valence-electron chi connectivity index (χ2n) is 8.92. The molecule has 0 amide bonds. The molecule has 180 valence electrons. The Labute approximate surface area is 196 Å². The predicted octanol–water partition coefficient (Wildman–Crippen LogP) is 2.95. The van der Waals surface area contributed by atoms with Crippen LogP contribution in [0.2, 0.25) is 0 Å². The van der Waals surface area contributed by atoms with E-state index in [1.807, 2.05) is 0 Å². The molecular weight excluding hydrogens is 402 g/mol. The number of ether oxygens (including phenoxy) is 1. The quantitative estimate of drug-likeness (QED) is 0.175. The van der Waals surface area contributed by atoms with Gasteiger partial charge < -0.3 is 26.7 Å². The van der Waals surface area contributed by atoms with Gasteiger partial charge in [-0.25, -0.2) is 0 Å². The second-order valence-corrected chi connectivity index (χ2v) is 8.92. The first kappa shape index (κ1) is 25.5. The fourth-order valence-electron chi connectivity index (χ4n) is 3.56. The molecule has 1 N–H and O–H groups in total. The summed E-state index contributed by atoms with van der Waals surface area (Å²) < 4.78 is 27.7. The third kappa shape index (κ3) is 23.5. The third-order valence-electron chi connectivity index (χ3n) is 5.09. The fraction of sp³-hybridized carbons (Fsp3) is 0.917. The Balaban J connectivity index is 0. The molecule has 0 spiro atoms. The predicted molar refractivity (Wildman–Crippen MR) is 120 cm³/mol. The van der Waals surface area contributed by atoms with Crippen LogP contribution in [0.4, 0.5) is 0 Å². The monoisotopic (exact) mass is 452 g/mol. The molecule has 0 aromatic rings. The summed E-state index contributed by atoms with van der Waals surface area (Å²) in [5.41, 5.74) is 0. The molecule has 1 atom stereocenters. The summed E-state index contributed by atoms with van der Waals surface area (Å²) in [5.74, 6) is -1.55. The van der Waals surface area contributed by atoms with Crippen molar-refractivity contribution in [3.05, 3.63) is 0 Å². The van der Waals surface area contributed by atoms with Crippen LogP contribution in [0, 0.1) is 0 Å². The first-order valence-corrected chi connectivity index (χ1v) is 11.7. The number of carbonyl (C=O) groups excluding carboxylic acids is 1. The van der Waals surface area contributed by atoms with Crippen LogP contribution in [0.1, 0.15) is 114 Å². The van der Waals surface area contributed by atoms with Gasteiger partial charge in [0.25, 0.3) is 0 Å². The van der Waals surface area contributed by atoms with Crippen molar-refractivity contribution in [1.29, 1.82) is 0 Å². The summed E-state index contributed by atoms with van der Waals surface area (Å²) in [5, 5.41) is 9.07. The van der Waals surface area contributed by atoms with Crippen molar-refractivity contribution in [1.82, 2.24) is 0 Å². The first-order valence-electron chi connectivity index (χ1n) is 13.2. The minimum Gasteiger partial charge on any atom is -1.00 e. The number of unbranched alkanes of at least 4 members (excludes halogenated alkanes) is 13. The highest BCUT2D eigenvalue weighted by atomic mass is 35.5. The summed E-state index contributed by atoms with van der Waals surface area (Å²) >= 11 is 0. The van der Waals surface area contributed by atoms with Crippen LogP contribution in [0.5, 0.6) is 0 Å². The molecule has 0 unspecified atom stereocenters. The molecule has 0 radical (unpaired) electrons. The second kappa shape index (κ2) is 20.1. The van der Waals surface area contributed by atoms with Gasteiger partial charge in [0.1, 0.15) is 6.54 Å². The van der Waals surface area contributed by atoms with Crippen molar-refractivity contribution in [3.63, 3.8) is 0 Å². The number of carboxylic acid groups (broad SMARTS) is 1. The molecule has 0 saturated heterocycles. The molecule has 0 aliphatic heterocycles. The van der Waals surface area contributed by atoms with Crippen LogP contribution in [0.15, 0.2) is 0 Å². The Morgan fingerprint density at radius 2 is 1.30 bits per heavy atom. The number of rotatable bonds is 20. The molecule has 0 heterocycles. The van der Waals surface area contributed by atoms with Gasteiger partial charge in [0.15, 0.2) is 6.10 Å². The number of carbonyl (C=O) groups is 2. The normalized spacial score (nSPS) is 14.2. The number of likely N-dealkylation sites (N-methyl/N-ethyl adjacent to an activating group) is 1. The van der Waals surface area contributed by atoms with Gasteiger partial charge in [-0.3, -0.25) is 9.59 Å². The smallest absolute Gasteiger partial charge is 0.307 e. The average Bonchev–Trinajstić information content (AvgIpc) is 2.66. The zero-order valence-electron chi connectivity index (χ0n) is 22.6. The molecule has 0 fully saturated rings. The Morgan fingerprint density at radius 1 is 0.867 bits per heavy atom. The van der Waals surface area contributed by atoms with Crippen LogP contribution >= 0.6 is 0 Å². The van der Waals surface area contributed by atoms with Gasteiger partial charge in [-0.15, -0.1) is 0 Å². The van der Waals surface area contributed by atoms with Gasteiger partial charge in [-0.2, -0.15) is 0 Å². The zero-order chi connectivity index (χ0) is 24.5. The zero-order valence-corrected chi connectivity index (χ0v) is 20.4. The molecule has 0 bridgehead atoms. The number of halogens is 1. The van der Waals surface area contributed by atoms with Crippen LogP contribution in [0.3, 0.4) is 0 Å². The Hall–Kier alpha value is -0.810. The van der Waals surface area contributed by atoms with Crippen LogP contribution in [-0.2, 0) is 14.3 Å². The van der Waals surface area contributed by atoms with E-state index in [1.165, 1.54) is 84.7 Å². The van der Waals surface area contributed by atoms with Crippen molar-refractivity contribution in [2.75, 3.05) is 27.6 Å². The lowest BCUT2D eigenvalue weighted by atomic mass is 10.0. The summed E-state index contributed by atoms with van der Waals surface area (Å²) in [4.78, 5) is 23.2. The summed E-state index contributed by atoms with van der Waals surface area (Å²) in [6, 6.07) is 0. The van der Waals surface area contributed by atoms with E-state index in [0.717, 1.165) is 12.8 Å². The number of aliphatic carboxylic acids is 1. The van der Waals surface area contributed by atoms with E-state index in [-0.39, 0.29) is 31.8 Å². The molecule has 0 rings (SSSR count). The first-order chi connectivity index (χ1) is 15.0.